The van der Waals surface area contributed by atoms with Gasteiger partial charge in [0.15, 0.2) is 0 Å². The van der Waals surface area contributed by atoms with Gasteiger partial charge in [-0.1, -0.05) is 12.1 Å². The summed E-state index contributed by atoms with van der Waals surface area (Å²) >= 11 is 3.31. The molecule has 2 rings (SSSR count). The van der Waals surface area contributed by atoms with Crippen LogP contribution in [0.1, 0.15) is 19.8 Å². The lowest BCUT2D eigenvalue weighted by Gasteiger charge is -2.33. The van der Waals surface area contributed by atoms with Gasteiger partial charge < -0.3 is 5.73 Å². The van der Waals surface area contributed by atoms with Gasteiger partial charge in [-0.25, -0.2) is 8.42 Å². The van der Waals surface area contributed by atoms with Crippen molar-refractivity contribution in [1.29, 1.82) is 0 Å². The van der Waals surface area contributed by atoms with Crippen LogP contribution in [0.2, 0.25) is 0 Å². The van der Waals surface area contributed by atoms with E-state index < -0.39 is 10.0 Å². The van der Waals surface area contributed by atoms with Gasteiger partial charge in [-0.3, -0.25) is 0 Å². The second kappa shape index (κ2) is 5.91. The van der Waals surface area contributed by atoms with Crippen molar-refractivity contribution in [3.63, 3.8) is 0 Å². The van der Waals surface area contributed by atoms with Crippen LogP contribution in [0.3, 0.4) is 0 Å². The van der Waals surface area contributed by atoms with Crippen molar-refractivity contribution in [1.82, 2.24) is 4.31 Å². The second-order valence-corrected chi connectivity index (χ2v) is 7.82. The molecule has 106 valence electrons. The minimum Gasteiger partial charge on any atom is -0.328 e. The van der Waals surface area contributed by atoms with Crippen LogP contribution < -0.4 is 5.73 Å². The number of nitrogens with zero attached hydrogens (tertiary/aromatic N) is 1. The molecule has 0 aromatic heterocycles. The van der Waals surface area contributed by atoms with Crippen molar-refractivity contribution in [2.24, 2.45) is 11.7 Å². The quantitative estimate of drug-likeness (QED) is 0.912. The summed E-state index contributed by atoms with van der Waals surface area (Å²) in [4.78, 5) is 0.334. The molecule has 6 heteroatoms. The molecule has 1 saturated heterocycles. The van der Waals surface area contributed by atoms with Crippen LogP contribution >= 0.6 is 15.9 Å². The molecule has 0 saturated carbocycles. The predicted molar refractivity (Wildman–Crippen MR) is 79.3 cm³/mol. The Balaban J connectivity index is 2.28. The van der Waals surface area contributed by atoms with Crippen molar-refractivity contribution in [2.75, 3.05) is 13.1 Å². The molecule has 19 heavy (non-hydrogen) atoms. The number of hydrogen-bond donors (Lipinski definition) is 1. The monoisotopic (exact) mass is 346 g/mol. The lowest BCUT2D eigenvalue weighted by molar-refractivity contribution is 0.243. The third-order valence-electron chi connectivity index (χ3n) is 3.62. The Kier molecular flexibility index (Phi) is 4.66. The number of sulfonamides is 1. The first kappa shape index (κ1) is 15.0. The third kappa shape index (κ3) is 3.18. The number of hydrogen-bond acceptors (Lipinski definition) is 3. The fourth-order valence-electron chi connectivity index (χ4n) is 2.41. The van der Waals surface area contributed by atoms with E-state index in [4.69, 9.17) is 5.73 Å². The summed E-state index contributed by atoms with van der Waals surface area (Å²) in [5, 5.41) is 0. The zero-order valence-corrected chi connectivity index (χ0v) is 13.3. The summed E-state index contributed by atoms with van der Waals surface area (Å²) in [5.41, 5.74) is 5.91. The van der Waals surface area contributed by atoms with Crippen LogP contribution in [-0.2, 0) is 10.0 Å². The zero-order valence-electron chi connectivity index (χ0n) is 10.9. The Labute approximate surface area is 123 Å². The first-order chi connectivity index (χ1) is 8.93. The Morgan fingerprint density at radius 1 is 1.42 bits per heavy atom. The number of piperidine rings is 1. The van der Waals surface area contributed by atoms with E-state index in [1.54, 1.807) is 22.5 Å². The summed E-state index contributed by atoms with van der Waals surface area (Å²) in [6.45, 7) is 3.04. The van der Waals surface area contributed by atoms with Gasteiger partial charge in [0.25, 0.3) is 0 Å². The maximum absolute atomic E-state index is 12.6. The molecular weight excluding hydrogens is 328 g/mol. The van der Waals surface area contributed by atoms with Crippen LogP contribution in [-0.4, -0.2) is 31.9 Å². The second-order valence-electron chi connectivity index (χ2n) is 5.05. The fraction of sp³-hybridized carbons (Fsp3) is 0.538. The molecule has 1 aliphatic heterocycles. The molecule has 0 spiro atoms. The normalized spacial score (nSPS) is 23.2. The summed E-state index contributed by atoms with van der Waals surface area (Å²) in [6, 6.07) is 6.96. The molecule has 2 atom stereocenters. The average molecular weight is 347 g/mol. The minimum atomic E-state index is -3.43. The first-order valence-corrected chi connectivity index (χ1v) is 8.66. The first-order valence-electron chi connectivity index (χ1n) is 6.43. The van der Waals surface area contributed by atoms with Gasteiger partial charge in [-0.05, 0) is 53.7 Å². The van der Waals surface area contributed by atoms with Gasteiger partial charge in [0.05, 0.1) is 4.90 Å². The maximum atomic E-state index is 12.6. The average Bonchev–Trinajstić information content (AvgIpc) is 2.39. The number of nitrogens with two attached hydrogens (primary N) is 1. The molecule has 0 aliphatic carbocycles. The molecule has 0 radical (unpaired) electrons. The standard InChI is InChI=1S/C13H19BrN2O2S/c1-10(15)11-5-4-8-16(9-11)19(17,18)13-7-3-2-6-12(13)14/h2-3,6-7,10-11H,4-5,8-9,15H2,1H3/t10-,11-/m1/s1. The van der Waals surface area contributed by atoms with E-state index in [1.165, 1.54) is 0 Å². The van der Waals surface area contributed by atoms with Gasteiger partial charge in [0.1, 0.15) is 0 Å². The summed E-state index contributed by atoms with van der Waals surface area (Å²) in [7, 11) is -3.43. The summed E-state index contributed by atoms with van der Waals surface area (Å²) in [6.07, 6.45) is 1.87. The Hall–Kier alpha value is -0.430. The Morgan fingerprint density at radius 3 is 2.74 bits per heavy atom. The molecule has 1 aliphatic rings. The molecule has 1 fully saturated rings. The van der Waals surface area contributed by atoms with Gasteiger partial charge in [0.2, 0.25) is 10.0 Å². The van der Waals surface area contributed by atoms with Crippen LogP contribution in [0.4, 0.5) is 0 Å². The molecule has 0 bridgehead atoms. The van der Waals surface area contributed by atoms with E-state index in [2.05, 4.69) is 15.9 Å². The third-order valence-corrected chi connectivity index (χ3v) is 6.50. The van der Waals surface area contributed by atoms with Crippen LogP contribution in [0.25, 0.3) is 0 Å². The smallest absolute Gasteiger partial charge is 0.244 e. The van der Waals surface area contributed by atoms with E-state index in [0.717, 1.165) is 12.8 Å². The Bertz CT molecular complexity index is 545. The minimum absolute atomic E-state index is 0.0252. The molecule has 0 amide bonds. The van der Waals surface area contributed by atoms with E-state index in [-0.39, 0.29) is 12.0 Å². The van der Waals surface area contributed by atoms with Gasteiger partial charge in [-0.15, -0.1) is 0 Å². The summed E-state index contributed by atoms with van der Waals surface area (Å²) in [5.74, 6) is 0.242. The maximum Gasteiger partial charge on any atom is 0.244 e. The molecule has 4 nitrogen and oxygen atoms in total. The lowest BCUT2D eigenvalue weighted by atomic mass is 9.93. The number of halogens is 1. The lowest BCUT2D eigenvalue weighted by Crippen LogP contribution is -2.45. The highest BCUT2D eigenvalue weighted by Crippen LogP contribution is 2.28. The molecule has 1 aromatic rings. The van der Waals surface area contributed by atoms with Crippen LogP contribution in [0, 0.1) is 5.92 Å². The van der Waals surface area contributed by atoms with Gasteiger partial charge in [-0.2, -0.15) is 4.31 Å². The molecule has 2 N–H and O–H groups in total. The van der Waals surface area contributed by atoms with E-state index in [9.17, 15) is 8.42 Å². The van der Waals surface area contributed by atoms with Gasteiger partial charge >= 0.3 is 0 Å². The van der Waals surface area contributed by atoms with Crippen LogP contribution in [0.15, 0.2) is 33.6 Å². The van der Waals surface area contributed by atoms with Crippen molar-refractivity contribution >= 4 is 26.0 Å². The predicted octanol–water partition coefficient (Wildman–Crippen LogP) is 2.20. The molecule has 0 unspecified atom stereocenters. The molecular formula is C13H19BrN2O2S. The summed E-state index contributed by atoms with van der Waals surface area (Å²) < 4.78 is 27.4. The highest BCUT2D eigenvalue weighted by molar-refractivity contribution is 9.10. The van der Waals surface area contributed by atoms with Gasteiger partial charge in [0, 0.05) is 23.6 Å². The zero-order chi connectivity index (χ0) is 14.0. The van der Waals surface area contributed by atoms with Crippen molar-refractivity contribution in [2.45, 2.75) is 30.7 Å². The van der Waals surface area contributed by atoms with Crippen molar-refractivity contribution in [3.8, 4) is 0 Å². The van der Waals surface area contributed by atoms with E-state index in [1.807, 2.05) is 13.0 Å². The highest BCUT2D eigenvalue weighted by Gasteiger charge is 2.32. The fourth-order valence-corrected chi connectivity index (χ4v) is 4.91. The van der Waals surface area contributed by atoms with Crippen molar-refractivity contribution in [3.05, 3.63) is 28.7 Å². The number of rotatable bonds is 3. The van der Waals surface area contributed by atoms with E-state index in [0.29, 0.717) is 22.5 Å². The van der Waals surface area contributed by atoms with Crippen LogP contribution in [0.5, 0.6) is 0 Å². The number of benzene rings is 1. The highest BCUT2D eigenvalue weighted by atomic mass is 79.9. The molecule has 1 heterocycles. The largest absolute Gasteiger partial charge is 0.328 e. The van der Waals surface area contributed by atoms with E-state index >= 15 is 0 Å². The molecule has 1 aromatic carbocycles. The SMILES string of the molecule is C[C@@H](N)[C@@H]1CCCN(S(=O)(=O)c2ccccc2Br)C1. The Morgan fingerprint density at radius 2 is 2.11 bits per heavy atom. The topological polar surface area (TPSA) is 63.4 Å². The van der Waals surface area contributed by atoms with Crippen molar-refractivity contribution < 1.29 is 8.42 Å².